The van der Waals surface area contributed by atoms with Crippen LogP contribution in [0.5, 0.6) is 11.5 Å². The third-order valence-electron chi connectivity index (χ3n) is 4.27. The van der Waals surface area contributed by atoms with E-state index in [9.17, 15) is 4.79 Å². The number of fused-ring (bicyclic) bond motifs is 1. The van der Waals surface area contributed by atoms with Crippen molar-refractivity contribution in [3.05, 3.63) is 87.5 Å². The zero-order valence-corrected chi connectivity index (χ0v) is 17.2. The second-order valence-corrected chi connectivity index (χ2v) is 7.56. The molecule has 0 aliphatic carbocycles. The van der Waals surface area contributed by atoms with Gasteiger partial charge in [0.05, 0.1) is 5.69 Å². The molecule has 0 radical (unpaired) electrons. The van der Waals surface area contributed by atoms with Gasteiger partial charge in [-0.25, -0.2) is 0 Å². The summed E-state index contributed by atoms with van der Waals surface area (Å²) in [7, 11) is 0. The number of amides is 1. The number of rotatable bonds is 4. The number of anilines is 1. The average Bonchev–Trinajstić information content (AvgIpc) is 3.01. The van der Waals surface area contributed by atoms with E-state index in [1.807, 2.05) is 55.5 Å². The smallest absolute Gasteiger partial charge is 0.291 e. The van der Waals surface area contributed by atoms with Crippen molar-refractivity contribution in [1.82, 2.24) is 0 Å². The minimum Gasteiger partial charge on any atom is -0.455 e. The first kappa shape index (κ1) is 18.6. The normalized spacial score (nSPS) is 10.8. The summed E-state index contributed by atoms with van der Waals surface area (Å²) in [6.07, 6.45) is 0. The molecule has 140 valence electrons. The molecular formula is C22H15BrClNO3. The van der Waals surface area contributed by atoms with Crippen LogP contribution in [-0.2, 0) is 0 Å². The van der Waals surface area contributed by atoms with E-state index < -0.39 is 0 Å². The van der Waals surface area contributed by atoms with Gasteiger partial charge >= 0.3 is 0 Å². The van der Waals surface area contributed by atoms with Gasteiger partial charge in [-0.2, -0.15) is 0 Å². The molecular weight excluding hydrogens is 442 g/mol. The van der Waals surface area contributed by atoms with E-state index in [0.29, 0.717) is 27.8 Å². The molecule has 0 unspecified atom stereocenters. The maximum atomic E-state index is 12.9. The number of hydrogen-bond donors (Lipinski definition) is 1. The van der Waals surface area contributed by atoms with Gasteiger partial charge in [0.2, 0.25) is 0 Å². The lowest BCUT2D eigenvalue weighted by Gasteiger charge is -2.12. The van der Waals surface area contributed by atoms with Crippen LogP contribution in [0.15, 0.2) is 75.6 Å². The summed E-state index contributed by atoms with van der Waals surface area (Å²) in [4.78, 5) is 12.9. The summed E-state index contributed by atoms with van der Waals surface area (Å²) in [5.41, 5.74) is 1.88. The van der Waals surface area contributed by atoms with Gasteiger partial charge in [0.25, 0.3) is 5.91 Å². The Morgan fingerprint density at radius 1 is 1.07 bits per heavy atom. The molecule has 0 saturated carbocycles. The van der Waals surface area contributed by atoms with Crippen LogP contribution in [-0.4, -0.2) is 5.91 Å². The van der Waals surface area contributed by atoms with E-state index >= 15 is 0 Å². The number of furan rings is 1. The average molecular weight is 457 g/mol. The number of carbonyl (C=O) groups is 1. The predicted octanol–water partition coefficient (Wildman–Crippen LogP) is 7.20. The zero-order chi connectivity index (χ0) is 19.7. The summed E-state index contributed by atoms with van der Waals surface area (Å²) >= 11 is 9.57. The first-order valence-electron chi connectivity index (χ1n) is 8.54. The molecule has 0 saturated heterocycles. The Balaban J connectivity index is 1.66. The molecule has 3 aromatic carbocycles. The van der Waals surface area contributed by atoms with Crippen LogP contribution in [0.1, 0.15) is 16.1 Å². The van der Waals surface area contributed by atoms with Crippen molar-refractivity contribution in [2.75, 3.05) is 5.32 Å². The van der Waals surface area contributed by atoms with E-state index in [4.69, 9.17) is 20.8 Å². The van der Waals surface area contributed by atoms with Crippen molar-refractivity contribution < 1.29 is 13.9 Å². The SMILES string of the molecule is Cc1c(C(=O)Nc2cc(Cl)ccc2Oc2ccccc2)oc2ccc(Br)cc12. The fourth-order valence-electron chi connectivity index (χ4n) is 2.89. The van der Waals surface area contributed by atoms with Crippen molar-refractivity contribution in [2.45, 2.75) is 6.92 Å². The molecule has 0 fully saturated rings. The summed E-state index contributed by atoms with van der Waals surface area (Å²) in [5, 5.41) is 4.22. The third-order valence-corrected chi connectivity index (χ3v) is 4.99. The Kier molecular flexibility index (Phi) is 5.11. The molecule has 4 aromatic rings. The lowest BCUT2D eigenvalue weighted by molar-refractivity contribution is 0.0997. The summed E-state index contributed by atoms with van der Waals surface area (Å²) in [5.74, 6) is 1.02. The predicted molar refractivity (Wildman–Crippen MR) is 115 cm³/mol. The van der Waals surface area contributed by atoms with Gasteiger partial charge in [0, 0.05) is 20.4 Å². The van der Waals surface area contributed by atoms with E-state index in [-0.39, 0.29) is 11.7 Å². The van der Waals surface area contributed by atoms with E-state index in [1.165, 1.54) is 0 Å². The van der Waals surface area contributed by atoms with Crippen LogP contribution in [0.4, 0.5) is 5.69 Å². The standard InChI is InChI=1S/C22H15BrClNO3/c1-13-17-11-14(23)7-9-19(17)28-21(13)22(26)25-18-12-15(24)8-10-20(18)27-16-5-3-2-4-6-16/h2-12H,1H3,(H,25,26). The minimum atomic E-state index is -0.370. The van der Waals surface area contributed by atoms with E-state index in [0.717, 1.165) is 15.4 Å². The maximum absolute atomic E-state index is 12.9. The first-order chi connectivity index (χ1) is 13.5. The molecule has 6 heteroatoms. The van der Waals surface area contributed by atoms with Gasteiger partial charge in [-0.1, -0.05) is 45.7 Å². The fourth-order valence-corrected chi connectivity index (χ4v) is 3.43. The number of para-hydroxylation sites is 1. The van der Waals surface area contributed by atoms with Crippen LogP contribution in [0, 0.1) is 6.92 Å². The van der Waals surface area contributed by atoms with Crippen LogP contribution in [0.2, 0.25) is 5.02 Å². The third kappa shape index (κ3) is 3.77. The highest BCUT2D eigenvalue weighted by Gasteiger charge is 2.19. The molecule has 0 aliphatic rings. The summed E-state index contributed by atoms with van der Waals surface area (Å²) < 4.78 is 12.6. The second kappa shape index (κ2) is 7.70. The maximum Gasteiger partial charge on any atom is 0.291 e. The van der Waals surface area contributed by atoms with Crippen molar-refractivity contribution >= 4 is 50.1 Å². The van der Waals surface area contributed by atoms with Gasteiger partial charge < -0.3 is 14.5 Å². The molecule has 1 aromatic heterocycles. The number of carbonyl (C=O) groups excluding carboxylic acids is 1. The Morgan fingerprint density at radius 3 is 2.64 bits per heavy atom. The molecule has 1 heterocycles. The van der Waals surface area contributed by atoms with Crippen LogP contribution in [0.3, 0.4) is 0 Å². The molecule has 0 bridgehead atoms. The van der Waals surface area contributed by atoms with Crippen LogP contribution < -0.4 is 10.1 Å². The Hall–Kier alpha value is -2.76. The number of nitrogens with one attached hydrogen (secondary N) is 1. The van der Waals surface area contributed by atoms with Crippen molar-refractivity contribution in [3.8, 4) is 11.5 Å². The highest BCUT2D eigenvalue weighted by atomic mass is 79.9. The lowest BCUT2D eigenvalue weighted by atomic mass is 10.1. The number of benzene rings is 3. The molecule has 4 rings (SSSR count). The molecule has 4 nitrogen and oxygen atoms in total. The van der Waals surface area contributed by atoms with E-state index in [2.05, 4.69) is 21.2 Å². The van der Waals surface area contributed by atoms with Gasteiger partial charge in [-0.05, 0) is 55.5 Å². The Bertz CT molecular complexity index is 1170. The van der Waals surface area contributed by atoms with Crippen molar-refractivity contribution in [2.24, 2.45) is 0 Å². The molecule has 0 aliphatic heterocycles. The Morgan fingerprint density at radius 2 is 1.86 bits per heavy atom. The van der Waals surface area contributed by atoms with Crippen LogP contribution >= 0.6 is 27.5 Å². The van der Waals surface area contributed by atoms with E-state index in [1.54, 1.807) is 18.2 Å². The number of halogens is 2. The molecule has 0 spiro atoms. The fraction of sp³-hybridized carbons (Fsp3) is 0.0455. The molecule has 1 N–H and O–H groups in total. The molecule has 0 atom stereocenters. The quantitative estimate of drug-likeness (QED) is 0.353. The number of aryl methyl sites for hydroxylation is 1. The second-order valence-electron chi connectivity index (χ2n) is 6.21. The highest BCUT2D eigenvalue weighted by Crippen LogP contribution is 2.34. The largest absolute Gasteiger partial charge is 0.455 e. The summed E-state index contributed by atoms with van der Waals surface area (Å²) in [6, 6.07) is 20.0. The van der Waals surface area contributed by atoms with Gasteiger partial charge in [0.1, 0.15) is 11.3 Å². The highest BCUT2D eigenvalue weighted by molar-refractivity contribution is 9.10. The molecule has 1 amide bonds. The topological polar surface area (TPSA) is 51.5 Å². The van der Waals surface area contributed by atoms with Gasteiger partial charge in [0.15, 0.2) is 11.5 Å². The van der Waals surface area contributed by atoms with Crippen molar-refractivity contribution in [3.63, 3.8) is 0 Å². The van der Waals surface area contributed by atoms with Crippen LogP contribution in [0.25, 0.3) is 11.0 Å². The minimum absolute atomic E-state index is 0.249. The Labute approximate surface area is 175 Å². The lowest BCUT2D eigenvalue weighted by Crippen LogP contribution is -2.12. The number of ether oxygens (including phenoxy) is 1. The summed E-state index contributed by atoms with van der Waals surface area (Å²) in [6.45, 7) is 1.85. The monoisotopic (exact) mass is 455 g/mol. The first-order valence-corrected chi connectivity index (χ1v) is 9.71. The van der Waals surface area contributed by atoms with Gasteiger partial charge in [-0.15, -0.1) is 0 Å². The van der Waals surface area contributed by atoms with Gasteiger partial charge in [-0.3, -0.25) is 4.79 Å². The zero-order valence-electron chi connectivity index (χ0n) is 14.8. The molecule has 28 heavy (non-hydrogen) atoms. The number of hydrogen-bond acceptors (Lipinski definition) is 3. The van der Waals surface area contributed by atoms with Crippen molar-refractivity contribution in [1.29, 1.82) is 0 Å².